The molecule has 2 rings (SSSR count). The second-order valence-electron chi connectivity index (χ2n) is 4.01. The van der Waals surface area contributed by atoms with Gasteiger partial charge in [-0.1, -0.05) is 36.4 Å². The van der Waals surface area contributed by atoms with E-state index in [9.17, 15) is 4.79 Å². The van der Waals surface area contributed by atoms with Crippen molar-refractivity contribution in [3.63, 3.8) is 0 Å². The fourth-order valence-electron chi connectivity index (χ4n) is 1.87. The van der Waals surface area contributed by atoms with E-state index in [0.29, 0.717) is 25.4 Å². The van der Waals surface area contributed by atoms with Gasteiger partial charge in [-0.05, 0) is 24.0 Å². The summed E-state index contributed by atoms with van der Waals surface area (Å²) in [5, 5.41) is 0. The summed E-state index contributed by atoms with van der Waals surface area (Å²) in [6.07, 6.45) is 4.57. The molecule has 84 valence electrons. The minimum Gasteiger partial charge on any atom is -0.373 e. The lowest BCUT2D eigenvalue weighted by Crippen LogP contribution is -1.97. The first-order chi connectivity index (χ1) is 7.86. The Kier molecular flexibility index (Phi) is 3.89. The van der Waals surface area contributed by atoms with E-state index in [1.165, 1.54) is 5.56 Å². The average molecular weight is 216 g/mol. The van der Waals surface area contributed by atoms with E-state index in [0.717, 1.165) is 18.4 Å². The molecule has 1 aromatic rings. The highest BCUT2D eigenvalue weighted by molar-refractivity contribution is 5.97. The summed E-state index contributed by atoms with van der Waals surface area (Å²) in [7, 11) is 0. The number of ether oxygens (including phenoxy) is 1. The first-order valence-corrected chi connectivity index (χ1v) is 5.70. The minimum absolute atomic E-state index is 0.295. The third-order valence-corrected chi connectivity index (χ3v) is 2.77. The largest absolute Gasteiger partial charge is 0.373 e. The number of Topliss-reactive ketones (excluding diaryl/α,β-unsaturated/α-hetero) is 1. The number of hydrogen-bond acceptors (Lipinski definition) is 2. The number of rotatable bonds is 4. The first kappa shape index (κ1) is 11.1. The molecule has 0 heterocycles. The van der Waals surface area contributed by atoms with Crippen LogP contribution in [0.15, 0.2) is 42.0 Å². The predicted molar refractivity (Wildman–Crippen MR) is 63.0 cm³/mol. The molecule has 1 fully saturated rings. The lowest BCUT2D eigenvalue weighted by Gasteiger charge is -2.01. The van der Waals surface area contributed by atoms with Crippen molar-refractivity contribution < 1.29 is 9.53 Å². The van der Waals surface area contributed by atoms with E-state index >= 15 is 0 Å². The van der Waals surface area contributed by atoms with Gasteiger partial charge in [-0.15, -0.1) is 0 Å². The van der Waals surface area contributed by atoms with Gasteiger partial charge in [0.1, 0.15) is 0 Å². The Morgan fingerprint density at radius 1 is 1.19 bits per heavy atom. The Morgan fingerprint density at radius 3 is 2.69 bits per heavy atom. The molecular weight excluding hydrogens is 200 g/mol. The number of carbonyl (C=O) groups is 1. The van der Waals surface area contributed by atoms with Gasteiger partial charge in [0, 0.05) is 6.42 Å². The average Bonchev–Trinajstić information content (AvgIpc) is 2.72. The van der Waals surface area contributed by atoms with Crippen LogP contribution in [-0.2, 0) is 16.1 Å². The van der Waals surface area contributed by atoms with Crippen molar-refractivity contribution in [2.45, 2.75) is 25.9 Å². The van der Waals surface area contributed by atoms with Crippen LogP contribution < -0.4 is 0 Å². The maximum Gasteiger partial charge on any atom is 0.158 e. The molecule has 0 bridgehead atoms. The fraction of sp³-hybridized carbons (Fsp3) is 0.357. The van der Waals surface area contributed by atoms with Crippen LogP contribution >= 0.6 is 0 Å². The molecule has 2 nitrogen and oxygen atoms in total. The van der Waals surface area contributed by atoms with Crippen molar-refractivity contribution in [2.24, 2.45) is 0 Å². The Bertz CT molecular complexity index is 379. The minimum atomic E-state index is 0.295. The van der Waals surface area contributed by atoms with Gasteiger partial charge in [0.15, 0.2) is 5.78 Å². The second kappa shape index (κ2) is 5.61. The molecule has 0 unspecified atom stereocenters. The number of benzene rings is 1. The van der Waals surface area contributed by atoms with E-state index in [1.807, 2.05) is 36.4 Å². The van der Waals surface area contributed by atoms with Crippen LogP contribution in [0.5, 0.6) is 0 Å². The maximum absolute atomic E-state index is 11.3. The van der Waals surface area contributed by atoms with Gasteiger partial charge >= 0.3 is 0 Å². The van der Waals surface area contributed by atoms with E-state index in [1.54, 1.807) is 0 Å². The van der Waals surface area contributed by atoms with E-state index in [2.05, 4.69) is 0 Å². The summed E-state index contributed by atoms with van der Waals surface area (Å²) >= 11 is 0. The van der Waals surface area contributed by atoms with Crippen molar-refractivity contribution in [3.8, 4) is 0 Å². The van der Waals surface area contributed by atoms with Gasteiger partial charge < -0.3 is 4.74 Å². The monoisotopic (exact) mass is 216 g/mol. The molecule has 0 radical (unpaired) electrons. The van der Waals surface area contributed by atoms with Crippen LogP contribution in [0.25, 0.3) is 0 Å². The Balaban J connectivity index is 1.75. The molecule has 1 aliphatic carbocycles. The van der Waals surface area contributed by atoms with Gasteiger partial charge in [0.2, 0.25) is 0 Å². The Hall–Kier alpha value is -1.41. The van der Waals surface area contributed by atoms with Crippen molar-refractivity contribution >= 4 is 5.78 Å². The fourth-order valence-corrected chi connectivity index (χ4v) is 1.87. The third kappa shape index (κ3) is 3.04. The molecular formula is C14H16O2. The molecule has 0 saturated heterocycles. The van der Waals surface area contributed by atoms with Gasteiger partial charge in [0.05, 0.1) is 13.2 Å². The topological polar surface area (TPSA) is 26.3 Å². The second-order valence-corrected chi connectivity index (χ2v) is 4.01. The summed E-state index contributed by atoms with van der Waals surface area (Å²) in [6.45, 7) is 1.15. The molecule has 0 amide bonds. The normalized spacial score (nSPS) is 18.2. The Morgan fingerprint density at radius 2 is 2.00 bits per heavy atom. The number of ketones is 1. The van der Waals surface area contributed by atoms with Crippen LogP contribution in [0.3, 0.4) is 0 Å². The lowest BCUT2D eigenvalue weighted by molar-refractivity contribution is -0.114. The highest BCUT2D eigenvalue weighted by Gasteiger charge is 2.15. The van der Waals surface area contributed by atoms with Gasteiger partial charge in [0.25, 0.3) is 0 Å². The highest BCUT2D eigenvalue weighted by atomic mass is 16.5. The zero-order valence-corrected chi connectivity index (χ0v) is 9.32. The summed E-state index contributed by atoms with van der Waals surface area (Å²) < 4.78 is 5.50. The molecule has 0 aromatic heterocycles. The van der Waals surface area contributed by atoms with Gasteiger partial charge in [-0.25, -0.2) is 0 Å². The van der Waals surface area contributed by atoms with Crippen LogP contribution in [0.2, 0.25) is 0 Å². The molecule has 16 heavy (non-hydrogen) atoms. The maximum atomic E-state index is 11.3. The molecule has 0 spiro atoms. The molecule has 1 aromatic carbocycles. The van der Waals surface area contributed by atoms with Crippen molar-refractivity contribution in [1.82, 2.24) is 0 Å². The smallest absolute Gasteiger partial charge is 0.158 e. The standard InChI is InChI=1S/C14H16O2/c15-14-8-4-7-13(14)9-10-16-11-12-5-2-1-3-6-12/h1-3,5-6,9H,4,7-8,10-11H2. The summed E-state index contributed by atoms with van der Waals surface area (Å²) in [5.41, 5.74) is 2.12. The highest BCUT2D eigenvalue weighted by Crippen LogP contribution is 2.19. The van der Waals surface area contributed by atoms with E-state index in [4.69, 9.17) is 4.74 Å². The molecule has 2 heteroatoms. The summed E-state index contributed by atoms with van der Waals surface area (Å²) in [4.78, 5) is 11.3. The van der Waals surface area contributed by atoms with Crippen molar-refractivity contribution in [2.75, 3.05) is 6.61 Å². The van der Waals surface area contributed by atoms with Crippen LogP contribution in [0, 0.1) is 0 Å². The van der Waals surface area contributed by atoms with Gasteiger partial charge in [-0.3, -0.25) is 4.79 Å². The van der Waals surface area contributed by atoms with Gasteiger partial charge in [-0.2, -0.15) is 0 Å². The van der Waals surface area contributed by atoms with Crippen LogP contribution in [-0.4, -0.2) is 12.4 Å². The predicted octanol–water partition coefficient (Wildman–Crippen LogP) is 2.88. The molecule has 0 atom stereocenters. The van der Waals surface area contributed by atoms with Crippen molar-refractivity contribution in [3.05, 3.63) is 47.5 Å². The molecule has 1 aliphatic rings. The third-order valence-electron chi connectivity index (χ3n) is 2.77. The first-order valence-electron chi connectivity index (χ1n) is 5.70. The van der Waals surface area contributed by atoms with E-state index in [-0.39, 0.29) is 0 Å². The van der Waals surface area contributed by atoms with Crippen molar-refractivity contribution in [1.29, 1.82) is 0 Å². The van der Waals surface area contributed by atoms with Crippen LogP contribution in [0.4, 0.5) is 0 Å². The lowest BCUT2D eigenvalue weighted by atomic mass is 10.2. The molecule has 0 N–H and O–H groups in total. The summed E-state index contributed by atoms with van der Waals surface area (Å²) in [5.74, 6) is 0.295. The molecule has 0 aliphatic heterocycles. The Labute approximate surface area is 95.9 Å². The number of hydrogen-bond donors (Lipinski definition) is 0. The summed E-state index contributed by atoms with van der Waals surface area (Å²) in [6, 6.07) is 10.1. The zero-order valence-electron chi connectivity index (χ0n) is 9.32. The number of allylic oxidation sites excluding steroid dienone is 1. The SMILES string of the molecule is O=C1CCCC1=CCOCc1ccccc1. The van der Waals surface area contributed by atoms with Crippen LogP contribution in [0.1, 0.15) is 24.8 Å². The van der Waals surface area contributed by atoms with E-state index < -0.39 is 0 Å². The quantitative estimate of drug-likeness (QED) is 0.571. The number of carbonyl (C=O) groups excluding carboxylic acids is 1. The zero-order chi connectivity index (χ0) is 11.2. The molecule has 1 saturated carbocycles.